The quantitative estimate of drug-likeness (QED) is 0.573. The summed E-state index contributed by atoms with van der Waals surface area (Å²) in [5.41, 5.74) is -0.765. The lowest BCUT2D eigenvalue weighted by atomic mass is 9.90. The van der Waals surface area contributed by atoms with Gasteiger partial charge in [0.2, 0.25) is 5.91 Å². The van der Waals surface area contributed by atoms with E-state index >= 15 is 0 Å². The molecule has 0 aromatic rings. The normalized spacial score (nSPS) is 27.8. The highest BCUT2D eigenvalue weighted by Gasteiger charge is 2.44. The summed E-state index contributed by atoms with van der Waals surface area (Å²) in [4.78, 5) is 10.7. The second-order valence-corrected chi connectivity index (χ2v) is 3.64. The van der Waals surface area contributed by atoms with Crippen molar-refractivity contribution in [1.29, 1.82) is 0 Å². The highest BCUT2D eigenvalue weighted by Crippen LogP contribution is 2.32. The van der Waals surface area contributed by atoms with Crippen LogP contribution in [0.3, 0.4) is 0 Å². The number of hydrogen-bond acceptors (Lipinski definition) is 1. The molecule has 1 N–H and O–H groups in total. The fraction of sp³-hybridized carbons (Fsp3) is 0.857. The predicted octanol–water partition coefficient (Wildman–Crippen LogP) is 1.31. The average molecular weight is 163 g/mol. The van der Waals surface area contributed by atoms with Gasteiger partial charge >= 0.3 is 0 Å². The van der Waals surface area contributed by atoms with E-state index in [9.17, 15) is 13.6 Å². The van der Waals surface area contributed by atoms with Crippen molar-refractivity contribution in [2.24, 2.45) is 0 Å². The van der Waals surface area contributed by atoms with E-state index in [1.54, 1.807) is 13.8 Å². The van der Waals surface area contributed by atoms with Crippen LogP contribution < -0.4 is 5.32 Å². The molecule has 1 rings (SSSR count). The molecule has 1 amide bonds. The largest absolute Gasteiger partial charge is 0.351 e. The number of carbonyl (C=O) groups is 1. The van der Waals surface area contributed by atoms with E-state index in [0.29, 0.717) is 0 Å². The molecule has 4 heteroatoms. The van der Waals surface area contributed by atoms with E-state index in [1.807, 2.05) is 0 Å². The Morgan fingerprint density at radius 2 is 2.00 bits per heavy atom. The van der Waals surface area contributed by atoms with E-state index < -0.39 is 23.8 Å². The third-order valence-electron chi connectivity index (χ3n) is 1.60. The number of piperidine rings is 1. The molecule has 0 aromatic heterocycles. The fourth-order valence-electron chi connectivity index (χ4n) is 1.41. The number of nitrogens with one attached hydrogen (secondary N) is 1. The van der Waals surface area contributed by atoms with Gasteiger partial charge in [0, 0.05) is 12.0 Å². The van der Waals surface area contributed by atoms with Crippen molar-refractivity contribution < 1.29 is 13.6 Å². The van der Waals surface area contributed by atoms with Crippen LogP contribution in [0, 0.1) is 0 Å². The molecule has 0 atom stereocenters. The standard InChI is InChI=1S/C7H11F2NO/c1-6(2)4-7(8,9)3-5(11)10-6/h3-4H2,1-2H3,(H,10,11). The highest BCUT2D eigenvalue weighted by atomic mass is 19.3. The van der Waals surface area contributed by atoms with Gasteiger partial charge in [0.25, 0.3) is 5.92 Å². The molecule has 1 aliphatic rings. The number of hydrogen-bond donors (Lipinski definition) is 1. The SMILES string of the molecule is CC1(C)CC(F)(F)CC(=O)N1. The first-order valence-corrected chi connectivity index (χ1v) is 3.50. The molecule has 0 unspecified atom stereocenters. The summed E-state index contributed by atoms with van der Waals surface area (Å²) in [7, 11) is 0. The smallest absolute Gasteiger partial charge is 0.259 e. The van der Waals surface area contributed by atoms with Crippen molar-refractivity contribution >= 4 is 5.91 Å². The lowest BCUT2D eigenvalue weighted by Gasteiger charge is -2.35. The van der Waals surface area contributed by atoms with E-state index in [2.05, 4.69) is 5.32 Å². The summed E-state index contributed by atoms with van der Waals surface area (Å²) >= 11 is 0. The van der Waals surface area contributed by atoms with E-state index in [4.69, 9.17) is 0 Å². The Morgan fingerprint density at radius 1 is 1.45 bits per heavy atom. The molecule has 1 heterocycles. The van der Waals surface area contributed by atoms with Crippen LogP contribution >= 0.6 is 0 Å². The third kappa shape index (κ3) is 2.13. The predicted molar refractivity (Wildman–Crippen MR) is 36.4 cm³/mol. The molecule has 0 aliphatic carbocycles. The van der Waals surface area contributed by atoms with Crippen LogP contribution in [0.15, 0.2) is 0 Å². The van der Waals surface area contributed by atoms with Gasteiger partial charge in [0.05, 0.1) is 6.42 Å². The van der Waals surface area contributed by atoms with Crippen molar-refractivity contribution in [2.75, 3.05) is 0 Å². The monoisotopic (exact) mass is 163 g/mol. The number of alkyl halides is 2. The molecular formula is C7H11F2NO. The Labute approximate surface area is 64.0 Å². The van der Waals surface area contributed by atoms with E-state index in [0.717, 1.165) is 0 Å². The van der Waals surface area contributed by atoms with Crippen molar-refractivity contribution in [3.63, 3.8) is 0 Å². The van der Waals surface area contributed by atoms with Crippen molar-refractivity contribution in [3.05, 3.63) is 0 Å². The van der Waals surface area contributed by atoms with Gasteiger partial charge in [-0.2, -0.15) is 0 Å². The molecule has 0 saturated carbocycles. The number of carbonyl (C=O) groups excluding carboxylic acids is 1. The first kappa shape index (κ1) is 8.43. The maximum Gasteiger partial charge on any atom is 0.259 e. The summed E-state index contributed by atoms with van der Waals surface area (Å²) < 4.78 is 25.4. The van der Waals surface area contributed by atoms with E-state index in [1.165, 1.54) is 0 Å². The van der Waals surface area contributed by atoms with E-state index in [-0.39, 0.29) is 6.42 Å². The van der Waals surface area contributed by atoms with Gasteiger partial charge in [0.15, 0.2) is 0 Å². The Kier molecular flexibility index (Phi) is 1.65. The Hall–Kier alpha value is -0.670. The first-order valence-electron chi connectivity index (χ1n) is 3.50. The van der Waals surface area contributed by atoms with Gasteiger partial charge < -0.3 is 5.32 Å². The molecule has 1 saturated heterocycles. The summed E-state index contributed by atoms with van der Waals surface area (Å²) in [5, 5.41) is 2.49. The van der Waals surface area contributed by atoms with Gasteiger partial charge in [-0.3, -0.25) is 4.79 Å². The van der Waals surface area contributed by atoms with Crippen LogP contribution in [0.4, 0.5) is 8.78 Å². The molecule has 1 fully saturated rings. The minimum Gasteiger partial charge on any atom is -0.351 e. The van der Waals surface area contributed by atoms with Crippen LogP contribution in [0.1, 0.15) is 26.7 Å². The Morgan fingerprint density at radius 3 is 2.36 bits per heavy atom. The van der Waals surface area contributed by atoms with Crippen molar-refractivity contribution in [1.82, 2.24) is 5.32 Å². The zero-order chi connectivity index (χ0) is 8.70. The van der Waals surface area contributed by atoms with Crippen LogP contribution in [0.5, 0.6) is 0 Å². The summed E-state index contributed by atoms with van der Waals surface area (Å²) in [6, 6.07) is 0. The molecule has 0 spiro atoms. The van der Waals surface area contributed by atoms with Crippen LogP contribution in [0.2, 0.25) is 0 Å². The highest BCUT2D eigenvalue weighted by molar-refractivity contribution is 5.78. The Balaban J connectivity index is 2.74. The molecule has 64 valence electrons. The fourth-order valence-corrected chi connectivity index (χ4v) is 1.41. The average Bonchev–Trinajstić information content (AvgIpc) is 1.49. The van der Waals surface area contributed by atoms with Crippen molar-refractivity contribution in [2.45, 2.75) is 38.2 Å². The van der Waals surface area contributed by atoms with Gasteiger partial charge in [-0.05, 0) is 13.8 Å². The third-order valence-corrected chi connectivity index (χ3v) is 1.60. The van der Waals surface area contributed by atoms with Crippen molar-refractivity contribution in [3.8, 4) is 0 Å². The van der Waals surface area contributed by atoms with Gasteiger partial charge in [-0.1, -0.05) is 0 Å². The van der Waals surface area contributed by atoms with Gasteiger partial charge in [-0.25, -0.2) is 8.78 Å². The lowest BCUT2D eigenvalue weighted by molar-refractivity contribution is -0.139. The number of rotatable bonds is 0. The minimum atomic E-state index is -2.83. The minimum absolute atomic E-state index is 0.272. The molecule has 11 heavy (non-hydrogen) atoms. The second kappa shape index (κ2) is 2.16. The number of halogens is 2. The summed E-state index contributed by atoms with van der Waals surface area (Å²) in [6.07, 6.45) is -0.942. The second-order valence-electron chi connectivity index (χ2n) is 3.64. The molecule has 1 aliphatic heterocycles. The molecule has 0 radical (unpaired) electrons. The maximum atomic E-state index is 12.7. The molecule has 2 nitrogen and oxygen atoms in total. The van der Waals surface area contributed by atoms with Gasteiger partial charge in [0.1, 0.15) is 0 Å². The molecule has 0 bridgehead atoms. The Bertz CT molecular complexity index is 171. The van der Waals surface area contributed by atoms with Crippen LogP contribution in [-0.2, 0) is 4.79 Å². The molecular weight excluding hydrogens is 152 g/mol. The first-order chi connectivity index (χ1) is 4.81. The summed E-state index contributed by atoms with van der Waals surface area (Å²) in [6.45, 7) is 3.19. The van der Waals surface area contributed by atoms with Crippen LogP contribution in [0.25, 0.3) is 0 Å². The zero-order valence-corrected chi connectivity index (χ0v) is 6.58. The summed E-state index contributed by atoms with van der Waals surface area (Å²) in [5.74, 6) is -3.39. The molecule has 0 aromatic carbocycles. The zero-order valence-electron chi connectivity index (χ0n) is 6.58. The lowest BCUT2D eigenvalue weighted by Crippen LogP contribution is -2.53. The topological polar surface area (TPSA) is 29.1 Å². The maximum absolute atomic E-state index is 12.7. The van der Waals surface area contributed by atoms with Gasteiger partial charge in [-0.15, -0.1) is 0 Å². The van der Waals surface area contributed by atoms with Crippen LogP contribution in [-0.4, -0.2) is 17.4 Å². The number of amides is 1.